The first-order chi connectivity index (χ1) is 2.73. The first-order valence-electron chi connectivity index (χ1n) is 0.563. The molecule has 0 aliphatic rings. The van der Waals surface area contributed by atoms with Crippen molar-refractivity contribution in [3.63, 3.8) is 0 Å². The van der Waals surface area contributed by atoms with Crippen LogP contribution in [-0.2, 0) is 18.8 Å². The second-order valence-corrected chi connectivity index (χ2v) is 9.98. The molecule has 1 nitrogen and oxygen atoms in total. The quantitative estimate of drug-likeness (QED) is 0.479. The van der Waals surface area contributed by atoms with Crippen LogP contribution < -0.4 is 0 Å². The van der Waals surface area contributed by atoms with E-state index in [1.54, 1.807) is 0 Å². The fourth-order valence-corrected chi connectivity index (χ4v) is 0. The van der Waals surface area contributed by atoms with Crippen molar-refractivity contribution in [1.82, 2.24) is 0 Å². The van der Waals surface area contributed by atoms with Crippen molar-refractivity contribution in [3.8, 4) is 0 Å². The van der Waals surface area contributed by atoms with Crippen LogP contribution in [0.1, 0.15) is 0 Å². The molecule has 0 aromatic rings. The van der Waals surface area contributed by atoms with Crippen molar-refractivity contribution in [2.24, 2.45) is 0 Å². The second-order valence-electron chi connectivity index (χ2n) is 0.136. The molecule has 0 bridgehead atoms. The van der Waals surface area contributed by atoms with Gasteiger partial charge in [0.25, 0.3) is 0 Å². The van der Waals surface area contributed by atoms with Crippen LogP contribution in [0.4, 0.5) is 0 Å². The molecule has 5 heteroatoms. The molecule has 0 saturated carbocycles. The molecule has 0 aliphatic heterocycles. The Hall–Kier alpha value is 1.30. The Bertz CT molecular complexity index is 32.3. The normalized spacial score (nSPS) is 7.83. The van der Waals surface area contributed by atoms with E-state index in [0.717, 1.165) is 0 Å². The molecule has 0 radical (unpaired) electrons. The van der Waals surface area contributed by atoms with E-state index in [-0.39, 0.29) is 0 Å². The predicted molar refractivity (Wildman–Crippen MR) is 21.5 cm³/mol. The molecule has 0 unspecified atom stereocenters. The van der Waals surface area contributed by atoms with Gasteiger partial charge in [-0.05, 0) is 0 Å². The molecule has 0 aliphatic carbocycles. The summed E-state index contributed by atoms with van der Waals surface area (Å²) in [6.07, 6.45) is 0. The van der Waals surface area contributed by atoms with Gasteiger partial charge in [0, 0.05) is 0 Å². The zero-order valence-electron chi connectivity index (χ0n) is 2.36. The number of halogens is 3. The Morgan fingerprint density at radius 2 is 1.17 bits per heavy atom. The monoisotopic (exact) mass is 328 g/mol. The summed E-state index contributed by atoms with van der Waals surface area (Å²) in [4.78, 5) is 0. The summed E-state index contributed by atoms with van der Waals surface area (Å²) < 4.78 is 7.50. The molecule has 0 fully saturated rings. The second kappa shape index (κ2) is 9.57. The number of hydrogen-bond donors (Lipinski definition) is 0. The maximum atomic E-state index is 7.50. The van der Waals surface area contributed by atoms with Gasteiger partial charge in [-0.3, -0.25) is 0 Å². The average Bonchev–Trinajstić information content (AvgIpc) is 1.41. The zero-order chi connectivity index (χ0) is 5.58. The standard InChI is InChI=1S/CO.3ClH.Pt/c1-2;;;;/h;3*1H;/q;;;;+3/p-3. The van der Waals surface area contributed by atoms with Crippen LogP contribution in [-0.4, -0.2) is 0 Å². The average molecular weight is 329 g/mol. The first-order valence-corrected chi connectivity index (χ1v) is 9.01. The fourth-order valence-electron chi connectivity index (χ4n) is 0. The van der Waals surface area contributed by atoms with E-state index in [4.69, 9.17) is 32.9 Å². The summed E-state index contributed by atoms with van der Waals surface area (Å²) in [6, 6.07) is 0. The van der Waals surface area contributed by atoms with Crippen LogP contribution >= 0.6 is 28.3 Å². The summed E-state index contributed by atoms with van der Waals surface area (Å²) in [6.45, 7) is 4.50. The van der Waals surface area contributed by atoms with Gasteiger partial charge in [0.2, 0.25) is 0 Å². The van der Waals surface area contributed by atoms with Gasteiger partial charge < -0.3 is 0 Å². The van der Waals surface area contributed by atoms with E-state index in [1.807, 2.05) is 0 Å². The molecule has 0 heterocycles. The third-order valence-corrected chi connectivity index (χ3v) is 0. The Balaban J connectivity index is 0. The first kappa shape index (κ1) is 10.3. The number of hydrogen-bond acceptors (Lipinski definition) is 0. The van der Waals surface area contributed by atoms with Gasteiger partial charge in [-0.1, -0.05) is 0 Å². The van der Waals surface area contributed by atoms with Crippen LogP contribution in [0.3, 0.4) is 0 Å². The summed E-state index contributed by atoms with van der Waals surface area (Å²) in [5, 5.41) is 0. The van der Waals surface area contributed by atoms with Gasteiger partial charge in [0.15, 0.2) is 0 Å². The van der Waals surface area contributed by atoms with E-state index >= 15 is 0 Å². The summed E-state index contributed by atoms with van der Waals surface area (Å²) >= 11 is -1.85. The van der Waals surface area contributed by atoms with E-state index in [0.29, 0.717) is 0 Å². The SMILES string of the molecule is [C-]#[O+].[Cl][Pt]([Cl])[Cl]. The van der Waals surface area contributed by atoms with Gasteiger partial charge >= 0.3 is 53.7 Å². The molecule has 41 valence electrons. The Labute approximate surface area is 53.6 Å². The van der Waals surface area contributed by atoms with Crippen LogP contribution in [0.25, 0.3) is 0 Å². The van der Waals surface area contributed by atoms with Gasteiger partial charge in [0.1, 0.15) is 0 Å². The predicted octanol–water partition coefficient (Wildman–Crippen LogP) is 2.03. The van der Waals surface area contributed by atoms with Crippen molar-refractivity contribution < 1.29 is 18.8 Å². The van der Waals surface area contributed by atoms with Crippen LogP contribution in [0.2, 0.25) is 0 Å². The molecular weight excluding hydrogens is 329 g/mol. The molecule has 0 amide bonds. The van der Waals surface area contributed by atoms with E-state index in [1.165, 1.54) is 0 Å². The summed E-state index contributed by atoms with van der Waals surface area (Å²) in [5.74, 6) is 0. The maximum absolute atomic E-state index is 7.50. The zero-order valence-corrected chi connectivity index (χ0v) is 6.90. The minimum absolute atomic E-state index is 1.85. The molecule has 0 rings (SSSR count). The third-order valence-electron chi connectivity index (χ3n) is 0. The third kappa shape index (κ3) is 58.1. The van der Waals surface area contributed by atoms with Gasteiger partial charge in [-0.15, -0.1) is 0 Å². The fraction of sp³-hybridized carbons (Fsp3) is 0. The van der Waals surface area contributed by atoms with E-state index in [2.05, 4.69) is 6.65 Å². The molecule has 0 aromatic carbocycles. The van der Waals surface area contributed by atoms with Crippen LogP contribution in [0.15, 0.2) is 0 Å². The van der Waals surface area contributed by atoms with Crippen molar-refractivity contribution in [3.05, 3.63) is 6.65 Å². The van der Waals surface area contributed by atoms with E-state index in [9.17, 15) is 0 Å². The number of rotatable bonds is 0. The van der Waals surface area contributed by atoms with Crippen molar-refractivity contribution in [2.75, 3.05) is 0 Å². The van der Waals surface area contributed by atoms with Crippen LogP contribution in [0, 0.1) is 6.65 Å². The van der Waals surface area contributed by atoms with Gasteiger partial charge in [0.05, 0.1) is 0 Å². The molecule has 0 saturated heterocycles. The topological polar surface area (TPSA) is 19.9 Å². The van der Waals surface area contributed by atoms with E-state index < -0.39 is 14.2 Å². The Morgan fingerprint density at radius 3 is 1.17 bits per heavy atom. The molecule has 0 N–H and O–H groups in total. The summed E-state index contributed by atoms with van der Waals surface area (Å²) in [7, 11) is 14.9. The van der Waals surface area contributed by atoms with Crippen molar-refractivity contribution >= 4 is 28.3 Å². The molecule has 0 spiro atoms. The summed E-state index contributed by atoms with van der Waals surface area (Å²) in [5.41, 5.74) is 0. The Morgan fingerprint density at radius 1 is 1.17 bits per heavy atom. The van der Waals surface area contributed by atoms with Crippen LogP contribution in [0.5, 0.6) is 0 Å². The molecule has 6 heavy (non-hydrogen) atoms. The van der Waals surface area contributed by atoms with Crippen molar-refractivity contribution in [1.29, 1.82) is 0 Å². The molecule has 0 aromatic heterocycles. The molecular formula is CCl3OPt. The Kier molecular flexibility index (Phi) is 16.4. The molecule has 0 atom stereocenters. The van der Waals surface area contributed by atoms with Gasteiger partial charge in [-0.2, -0.15) is 0 Å². The van der Waals surface area contributed by atoms with Crippen molar-refractivity contribution in [2.45, 2.75) is 0 Å². The van der Waals surface area contributed by atoms with Gasteiger partial charge in [-0.25, -0.2) is 0 Å². The minimum atomic E-state index is -1.85.